The van der Waals surface area contributed by atoms with E-state index in [9.17, 15) is 9.18 Å². The largest absolute Gasteiger partial charge is 0.465 e. The summed E-state index contributed by atoms with van der Waals surface area (Å²) in [5, 5.41) is 0.990. The van der Waals surface area contributed by atoms with E-state index < -0.39 is 0 Å². The van der Waals surface area contributed by atoms with Gasteiger partial charge in [0.1, 0.15) is 11.9 Å². The van der Waals surface area contributed by atoms with Crippen molar-refractivity contribution >= 4 is 28.4 Å². The fourth-order valence-electron chi connectivity index (χ4n) is 3.27. The highest BCUT2D eigenvalue weighted by atomic mass is 32.1. The van der Waals surface area contributed by atoms with Crippen molar-refractivity contribution in [1.29, 1.82) is 0 Å². The van der Waals surface area contributed by atoms with E-state index >= 15 is 0 Å². The molecule has 2 heterocycles. The van der Waals surface area contributed by atoms with Crippen LogP contribution in [0.15, 0.2) is 18.2 Å². The molecule has 0 saturated carbocycles. The summed E-state index contributed by atoms with van der Waals surface area (Å²) in [5.74, 6) is -0.450. The molecule has 23 heavy (non-hydrogen) atoms. The molecule has 0 bridgehead atoms. The Hall–Kier alpha value is -1.53. The smallest absolute Gasteiger partial charge is 0.323 e. The zero-order valence-corrected chi connectivity index (χ0v) is 14.2. The van der Waals surface area contributed by atoms with E-state index in [0.29, 0.717) is 12.1 Å². The monoisotopic (exact) mass is 336 g/mol. The van der Waals surface area contributed by atoms with Gasteiger partial charge < -0.3 is 4.74 Å². The molecule has 0 radical (unpaired) electrons. The molecular formula is C17H21FN2O2S. The molecule has 1 fully saturated rings. The SMILES string of the molecule is CCOC(=O)C(C)N1CCCCC1c1snc2cc(F)ccc12. The van der Waals surface area contributed by atoms with Crippen LogP contribution in [0.2, 0.25) is 0 Å². The number of rotatable bonds is 4. The Balaban J connectivity index is 1.92. The molecule has 1 aliphatic rings. The zero-order valence-electron chi connectivity index (χ0n) is 13.4. The first-order valence-corrected chi connectivity index (χ1v) is 8.86. The molecule has 1 aromatic heterocycles. The molecule has 0 amide bonds. The summed E-state index contributed by atoms with van der Waals surface area (Å²) in [6.45, 7) is 4.98. The first kappa shape index (κ1) is 16.3. The number of nitrogens with zero attached hydrogens (tertiary/aromatic N) is 2. The minimum absolute atomic E-state index is 0.142. The number of hydrogen-bond donors (Lipinski definition) is 0. The van der Waals surface area contributed by atoms with Crippen molar-refractivity contribution in [2.24, 2.45) is 0 Å². The fourth-order valence-corrected chi connectivity index (χ4v) is 4.27. The maximum atomic E-state index is 13.4. The average Bonchev–Trinajstić information content (AvgIpc) is 2.97. The number of aromatic nitrogens is 1. The van der Waals surface area contributed by atoms with Gasteiger partial charge in [-0.3, -0.25) is 9.69 Å². The van der Waals surface area contributed by atoms with E-state index in [-0.39, 0.29) is 23.9 Å². The van der Waals surface area contributed by atoms with E-state index in [1.165, 1.54) is 23.7 Å². The highest BCUT2D eigenvalue weighted by molar-refractivity contribution is 7.07. The number of likely N-dealkylation sites (tertiary alicyclic amines) is 1. The summed E-state index contributed by atoms with van der Waals surface area (Å²) in [7, 11) is 0. The van der Waals surface area contributed by atoms with Gasteiger partial charge in [-0.1, -0.05) is 6.42 Å². The number of benzene rings is 1. The standard InChI is InChI=1S/C17H21FN2O2S/c1-3-22-17(21)11(2)20-9-5-4-6-15(20)16-13-8-7-12(18)10-14(13)19-23-16/h7-8,10-11,15H,3-6,9H2,1-2H3. The quantitative estimate of drug-likeness (QED) is 0.794. The van der Waals surface area contributed by atoms with Crippen LogP contribution in [0.5, 0.6) is 0 Å². The Morgan fingerprint density at radius 3 is 3.13 bits per heavy atom. The van der Waals surface area contributed by atoms with Crippen LogP contribution in [0, 0.1) is 5.82 Å². The molecule has 1 aliphatic heterocycles. The molecule has 1 saturated heterocycles. The van der Waals surface area contributed by atoms with Crippen LogP contribution in [-0.4, -0.2) is 34.4 Å². The second-order valence-electron chi connectivity index (χ2n) is 5.89. The second-order valence-corrected chi connectivity index (χ2v) is 6.69. The number of esters is 1. The summed E-state index contributed by atoms with van der Waals surface area (Å²) >= 11 is 1.41. The highest BCUT2D eigenvalue weighted by Crippen LogP contribution is 2.38. The van der Waals surface area contributed by atoms with Crippen molar-refractivity contribution in [2.75, 3.05) is 13.2 Å². The highest BCUT2D eigenvalue weighted by Gasteiger charge is 2.33. The summed E-state index contributed by atoms with van der Waals surface area (Å²) in [6.07, 6.45) is 3.18. The first-order valence-electron chi connectivity index (χ1n) is 8.09. The lowest BCUT2D eigenvalue weighted by Gasteiger charge is -2.38. The second kappa shape index (κ2) is 6.93. The third-order valence-electron chi connectivity index (χ3n) is 4.44. The molecular weight excluding hydrogens is 315 g/mol. The Morgan fingerprint density at radius 2 is 2.35 bits per heavy atom. The minimum atomic E-state index is -0.280. The lowest BCUT2D eigenvalue weighted by molar-refractivity contribution is -0.150. The number of piperidine rings is 1. The maximum absolute atomic E-state index is 13.4. The fraction of sp³-hybridized carbons (Fsp3) is 0.529. The van der Waals surface area contributed by atoms with Gasteiger partial charge >= 0.3 is 5.97 Å². The van der Waals surface area contributed by atoms with Crippen LogP contribution < -0.4 is 0 Å². The average molecular weight is 336 g/mol. The molecule has 124 valence electrons. The molecule has 0 N–H and O–H groups in total. The van der Waals surface area contributed by atoms with Gasteiger partial charge in [-0.15, -0.1) is 0 Å². The topological polar surface area (TPSA) is 42.4 Å². The minimum Gasteiger partial charge on any atom is -0.465 e. The summed E-state index contributed by atoms with van der Waals surface area (Å²) < 4.78 is 22.9. The Bertz CT molecular complexity index is 703. The van der Waals surface area contributed by atoms with Crippen molar-refractivity contribution < 1.29 is 13.9 Å². The third-order valence-corrected chi connectivity index (χ3v) is 5.42. The Kier molecular flexibility index (Phi) is 4.92. The Morgan fingerprint density at radius 1 is 1.52 bits per heavy atom. The van der Waals surface area contributed by atoms with E-state index in [4.69, 9.17) is 4.74 Å². The maximum Gasteiger partial charge on any atom is 0.323 e. The molecule has 2 unspecified atom stereocenters. The van der Waals surface area contributed by atoms with Gasteiger partial charge in [-0.25, -0.2) is 4.39 Å². The van der Waals surface area contributed by atoms with Gasteiger partial charge in [0.25, 0.3) is 0 Å². The van der Waals surface area contributed by atoms with Crippen LogP contribution in [0.25, 0.3) is 10.9 Å². The van der Waals surface area contributed by atoms with Gasteiger partial charge in [0.2, 0.25) is 0 Å². The first-order chi connectivity index (χ1) is 11.1. The van der Waals surface area contributed by atoms with Crippen molar-refractivity contribution in [3.63, 3.8) is 0 Å². The number of ether oxygens (including phenoxy) is 1. The molecule has 0 aliphatic carbocycles. The van der Waals surface area contributed by atoms with Crippen molar-refractivity contribution in [2.45, 2.75) is 45.2 Å². The van der Waals surface area contributed by atoms with E-state index in [2.05, 4.69) is 9.27 Å². The van der Waals surface area contributed by atoms with Crippen molar-refractivity contribution in [3.05, 3.63) is 28.9 Å². The van der Waals surface area contributed by atoms with Gasteiger partial charge in [0, 0.05) is 17.5 Å². The molecule has 6 heteroatoms. The van der Waals surface area contributed by atoms with Crippen LogP contribution in [0.1, 0.15) is 44.0 Å². The predicted octanol–water partition coefficient (Wildman–Crippen LogP) is 3.91. The van der Waals surface area contributed by atoms with Gasteiger partial charge in [-0.05, 0) is 56.9 Å². The van der Waals surface area contributed by atoms with Gasteiger partial charge in [-0.2, -0.15) is 4.37 Å². The molecule has 1 aromatic carbocycles. The van der Waals surface area contributed by atoms with Crippen LogP contribution in [-0.2, 0) is 9.53 Å². The lowest BCUT2D eigenvalue weighted by Crippen LogP contribution is -2.44. The van der Waals surface area contributed by atoms with Crippen molar-refractivity contribution in [3.8, 4) is 0 Å². The van der Waals surface area contributed by atoms with Gasteiger partial charge in [0.05, 0.1) is 17.0 Å². The summed E-state index contributed by atoms with van der Waals surface area (Å²) in [4.78, 5) is 15.5. The summed E-state index contributed by atoms with van der Waals surface area (Å²) in [6, 6.07) is 4.60. The Labute approximate surface area is 139 Å². The molecule has 3 rings (SSSR count). The normalized spacial score (nSPS) is 20.6. The molecule has 0 spiro atoms. The van der Waals surface area contributed by atoms with Crippen molar-refractivity contribution in [1.82, 2.24) is 9.27 Å². The number of halogens is 1. The number of carbonyl (C=O) groups is 1. The molecule has 2 atom stereocenters. The third kappa shape index (κ3) is 3.23. The number of carbonyl (C=O) groups excluding carboxylic acids is 1. The van der Waals surface area contributed by atoms with Crippen LogP contribution in [0.3, 0.4) is 0 Å². The predicted molar refractivity (Wildman–Crippen MR) is 89.0 cm³/mol. The molecule has 2 aromatic rings. The molecule has 4 nitrogen and oxygen atoms in total. The summed E-state index contributed by atoms with van der Waals surface area (Å²) in [5.41, 5.74) is 0.694. The zero-order chi connectivity index (χ0) is 16.4. The number of fused-ring (bicyclic) bond motifs is 1. The van der Waals surface area contributed by atoms with E-state index in [0.717, 1.165) is 36.1 Å². The van der Waals surface area contributed by atoms with Gasteiger partial charge in [0.15, 0.2) is 0 Å². The van der Waals surface area contributed by atoms with Crippen LogP contribution >= 0.6 is 11.5 Å². The van der Waals surface area contributed by atoms with E-state index in [1.807, 2.05) is 13.8 Å². The van der Waals surface area contributed by atoms with E-state index in [1.54, 1.807) is 6.07 Å². The number of hydrogen-bond acceptors (Lipinski definition) is 5. The van der Waals surface area contributed by atoms with Crippen LogP contribution in [0.4, 0.5) is 4.39 Å². The lowest BCUT2D eigenvalue weighted by atomic mass is 9.97.